The molecule has 0 saturated carbocycles. The molecule has 1 unspecified atom stereocenters. The van der Waals surface area contributed by atoms with Crippen LogP contribution in [0.5, 0.6) is 0 Å². The number of nitrogens with one attached hydrogen (secondary N) is 1. The van der Waals surface area contributed by atoms with Crippen LogP contribution in [0, 0.1) is 13.8 Å². The Bertz CT molecular complexity index is 1810. The van der Waals surface area contributed by atoms with Crippen LogP contribution in [-0.2, 0) is 4.79 Å². The molecule has 2 aromatic carbocycles. The van der Waals surface area contributed by atoms with Gasteiger partial charge in [-0.15, -0.1) is 0 Å². The summed E-state index contributed by atoms with van der Waals surface area (Å²) in [6, 6.07) is 13.8. The smallest absolute Gasteiger partial charge is 0.478 e. The van der Waals surface area contributed by atoms with Crippen LogP contribution >= 0.6 is 0 Å². The van der Waals surface area contributed by atoms with E-state index in [1.807, 2.05) is 38.1 Å². The molecule has 3 aromatic heterocycles. The SMILES string of the molecule is Cc1cc(C(C)Nc2ccccc2C(=O)O)c2oc(-c3cc4ccncc4o3)c(C)c(=O)c2c1.O=C(O)C(F)(F)F. The highest BCUT2D eigenvalue weighted by atomic mass is 19.4. The highest BCUT2D eigenvalue weighted by Gasteiger charge is 2.38. The summed E-state index contributed by atoms with van der Waals surface area (Å²) in [6.07, 6.45) is -1.79. The molecule has 0 fully saturated rings. The number of rotatable bonds is 5. The Labute approximate surface area is 229 Å². The first-order chi connectivity index (χ1) is 19.3. The Balaban J connectivity index is 0.000000493. The lowest BCUT2D eigenvalue weighted by molar-refractivity contribution is -0.192. The van der Waals surface area contributed by atoms with Crippen molar-refractivity contribution in [2.45, 2.75) is 33.0 Å². The minimum absolute atomic E-state index is 0.141. The zero-order chi connectivity index (χ0) is 30.1. The van der Waals surface area contributed by atoms with Crippen molar-refractivity contribution in [3.8, 4) is 11.5 Å². The molecule has 0 radical (unpaired) electrons. The lowest BCUT2D eigenvalue weighted by Crippen LogP contribution is -2.21. The maximum atomic E-state index is 13.4. The molecule has 5 aromatic rings. The van der Waals surface area contributed by atoms with Crippen LogP contribution in [0.1, 0.15) is 40.0 Å². The topological polar surface area (TPSA) is 143 Å². The lowest BCUT2D eigenvalue weighted by Gasteiger charge is -2.19. The van der Waals surface area contributed by atoms with Gasteiger partial charge in [0.05, 0.1) is 23.2 Å². The molecule has 41 heavy (non-hydrogen) atoms. The van der Waals surface area contributed by atoms with Crippen molar-refractivity contribution >= 4 is 39.6 Å². The minimum Gasteiger partial charge on any atom is -0.478 e. The van der Waals surface area contributed by atoms with Gasteiger partial charge in [0.1, 0.15) is 5.58 Å². The molecule has 1 atom stereocenters. The normalized spacial score (nSPS) is 12.0. The van der Waals surface area contributed by atoms with Crippen LogP contribution in [0.3, 0.4) is 0 Å². The third-order valence-electron chi connectivity index (χ3n) is 6.18. The fourth-order valence-corrected chi connectivity index (χ4v) is 4.23. The largest absolute Gasteiger partial charge is 0.490 e. The number of nitrogens with zero attached hydrogens (tertiary/aromatic N) is 1. The first kappa shape index (κ1) is 28.9. The Hall–Kier alpha value is -5.13. The number of anilines is 1. The van der Waals surface area contributed by atoms with Gasteiger partial charge in [-0.05, 0) is 56.7 Å². The van der Waals surface area contributed by atoms with E-state index in [1.54, 1.807) is 43.6 Å². The number of pyridine rings is 1. The molecular weight excluding hydrogens is 545 g/mol. The summed E-state index contributed by atoms with van der Waals surface area (Å²) in [5.74, 6) is -2.97. The minimum atomic E-state index is -5.08. The van der Waals surface area contributed by atoms with Gasteiger partial charge in [-0.1, -0.05) is 18.2 Å². The summed E-state index contributed by atoms with van der Waals surface area (Å²) >= 11 is 0. The fourth-order valence-electron chi connectivity index (χ4n) is 4.23. The number of carbonyl (C=O) groups is 2. The van der Waals surface area contributed by atoms with Gasteiger partial charge in [-0.3, -0.25) is 9.78 Å². The maximum absolute atomic E-state index is 13.4. The Morgan fingerprint density at radius 1 is 1.02 bits per heavy atom. The van der Waals surface area contributed by atoms with E-state index >= 15 is 0 Å². The van der Waals surface area contributed by atoms with Gasteiger partial charge in [0.25, 0.3) is 0 Å². The Kier molecular flexibility index (Phi) is 7.86. The zero-order valence-corrected chi connectivity index (χ0v) is 21.9. The molecule has 0 aliphatic carbocycles. The van der Waals surface area contributed by atoms with Gasteiger partial charge in [-0.2, -0.15) is 13.2 Å². The number of furan rings is 1. The van der Waals surface area contributed by atoms with Crippen molar-refractivity contribution in [1.29, 1.82) is 0 Å². The number of carboxylic acids is 2. The van der Waals surface area contributed by atoms with Crippen molar-refractivity contribution in [1.82, 2.24) is 4.98 Å². The zero-order valence-electron chi connectivity index (χ0n) is 21.9. The quantitative estimate of drug-likeness (QED) is 0.210. The molecule has 0 aliphatic rings. The highest BCUT2D eigenvalue weighted by Crippen LogP contribution is 2.34. The lowest BCUT2D eigenvalue weighted by atomic mass is 9.99. The number of alkyl halides is 3. The van der Waals surface area contributed by atoms with Crippen LogP contribution in [0.15, 0.2) is 74.6 Å². The number of fused-ring (bicyclic) bond motifs is 2. The molecule has 3 heterocycles. The first-order valence-corrected chi connectivity index (χ1v) is 12.1. The highest BCUT2D eigenvalue weighted by molar-refractivity contribution is 5.94. The summed E-state index contributed by atoms with van der Waals surface area (Å²) in [6.45, 7) is 5.54. The predicted octanol–water partition coefficient (Wildman–Crippen LogP) is 6.72. The van der Waals surface area contributed by atoms with Crippen molar-refractivity contribution in [3.63, 3.8) is 0 Å². The summed E-state index contributed by atoms with van der Waals surface area (Å²) in [4.78, 5) is 38.0. The number of aliphatic carboxylic acids is 1. The van der Waals surface area contributed by atoms with E-state index in [0.29, 0.717) is 39.3 Å². The molecular formula is C29H23F3N2O7. The van der Waals surface area contributed by atoms with E-state index in [9.17, 15) is 27.9 Å². The predicted molar refractivity (Wildman–Crippen MR) is 144 cm³/mol. The van der Waals surface area contributed by atoms with Crippen molar-refractivity contribution in [2.24, 2.45) is 0 Å². The van der Waals surface area contributed by atoms with Gasteiger partial charge in [0.2, 0.25) is 0 Å². The van der Waals surface area contributed by atoms with Gasteiger partial charge in [0.15, 0.2) is 22.5 Å². The van der Waals surface area contributed by atoms with Crippen LogP contribution in [0.4, 0.5) is 18.9 Å². The Morgan fingerprint density at radius 3 is 2.34 bits per heavy atom. The van der Waals surface area contributed by atoms with Gasteiger partial charge < -0.3 is 24.4 Å². The van der Waals surface area contributed by atoms with E-state index in [4.69, 9.17) is 18.7 Å². The number of hydrogen-bond acceptors (Lipinski definition) is 7. The molecule has 12 heteroatoms. The number of carboxylic acid groups (broad SMARTS) is 2. The molecule has 3 N–H and O–H groups in total. The van der Waals surface area contributed by atoms with Crippen LogP contribution in [0.25, 0.3) is 33.5 Å². The first-order valence-electron chi connectivity index (χ1n) is 12.1. The van der Waals surface area contributed by atoms with Crippen molar-refractivity contribution in [2.75, 3.05) is 5.32 Å². The standard InChI is InChI=1S/C27H22N2O5.C2HF3O2/c1-14-10-19(16(3)29-21-7-5-4-6-18(21)27(31)32)26-20(11-14)24(30)15(2)25(34-26)22-12-17-8-9-28-13-23(17)33-22;3-2(4,5)1(6)7/h4-13,16,29H,1-3H3,(H,31,32);(H,6,7). The summed E-state index contributed by atoms with van der Waals surface area (Å²) in [7, 11) is 0. The molecule has 212 valence electrons. The Morgan fingerprint density at radius 2 is 1.71 bits per heavy atom. The van der Waals surface area contributed by atoms with E-state index in [2.05, 4.69) is 10.3 Å². The van der Waals surface area contributed by atoms with Gasteiger partial charge in [0, 0.05) is 28.4 Å². The van der Waals surface area contributed by atoms with E-state index in [-0.39, 0.29) is 17.0 Å². The molecule has 0 aliphatic heterocycles. The maximum Gasteiger partial charge on any atom is 0.490 e. The van der Waals surface area contributed by atoms with Gasteiger partial charge in [-0.25, -0.2) is 9.59 Å². The monoisotopic (exact) mass is 568 g/mol. The van der Waals surface area contributed by atoms with Crippen LogP contribution in [-0.4, -0.2) is 33.3 Å². The van der Waals surface area contributed by atoms with Crippen molar-refractivity contribution in [3.05, 3.63) is 93.4 Å². The van der Waals surface area contributed by atoms with E-state index in [0.717, 1.165) is 16.5 Å². The molecule has 0 saturated heterocycles. The number of para-hydroxylation sites is 1. The molecule has 0 bridgehead atoms. The molecule has 0 spiro atoms. The average Bonchev–Trinajstić information content (AvgIpc) is 3.34. The summed E-state index contributed by atoms with van der Waals surface area (Å²) in [5.41, 5.74) is 3.64. The summed E-state index contributed by atoms with van der Waals surface area (Å²) in [5, 5.41) is 21.3. The second-order valence-corrected chi connectivity index (χ2v) is 9.16. The molecule has 9 nitrogen and oxygen atoms in total. The second kappa shape index (κ2) is 11.2. The van der Waals surface area contributed by atoms with E-state index in [1.165, 1.54) is 0 Å². The van der Waals surface area contributed by atoms with Crippen molar-refractivity contribution < 1.29 is 41.8 Å². The number of halogens is 3. The summed E-state index contributed by atoms with van der Waals surface area (Å²) < 4.78 is 44.0. The van der Waals surface area contributed by atoms with E-state index < -0.39 is 18.1 Å². The number of aromatic carboxylic acids is 1. The number of benzene rings is 2. The fraction of sp³-hybridized carbons (Fsp3) is 0.172. The average molecular weight is 569 g/mol. The number of aromatic nitrogens is 1. The number of aryl methyl sites for hydroxylation is 1. The van der Waals surface area contributed by atoms with Crippen LogP contribution in [0.2, 0.25) is 0 Å². The third kappa shape index (κ3) is 6.06. The molecule has 0 amide bonds. The van der Waals surface area contributed by atoms with Gasteiger partial charge >= 0.3 is 18.1 Å². The van der Waals surface area contributed by atoms with Crippen LogP contribution < -0.4 is 10.7 Å². The number of hydrogen-bond donors (Lipinski definition) is 3. The molecule has 5 rings (SSSR count). The third-order valence-corrected chi connectivity index (χ3v) is 6.18. The second-order valence-electron chi connectivity index (χ2n) is 9.16.